The number of imidazole rings is 1. The highest BCUT2D eigenvalue weighted by molar-refractivity contribution is 7.83. The van der Waals surface area contributed by atoms with E-state index in [4.69, 9.17) is 0 Å². The molecule has 36 heavy (non-hydrogen) atoms. The lowest BCUT2D eigenvalue weighted by Crippen LogP contribution is -2.31. The Kier molecular flexibility index (Phi) is 7.34. The van der Waals surface area contributed by atoms with Crippen LogP contribution in [0.1, 0.15) is 41.4 Å². The van der Waals surface area contributed by atoms with Gasteiger partial charge in [-0.25, -0.2) is 18.3 Å². The first-order valence-electron chi connectivity index (χ1n) is 12.0. The van der Waals surface area contributed by atoms with Crippen LogP contribution in [0.2, 0.25) is 0 Å². The van der Waals surface area contributed by atoms with E-state index in [0.717, 1.165) is 29.7 Å². The molecule has 8 heteroatoms. The van der Waals surface area contributed by atoms with E-state index in [2.05, 4.69) is 14.7 Å². The Hall–Kier alpha value is -3.62. The third kappa shape index (κ3) is 5.61. The largest absolute Gasteiger partial charge is 0.347 e. The molecule has 1 aliphatic rings. The number of amides is 1. The summed E-state index contributed by atoms with van der Waals surface area (Å²) in [7, 11) is -1.48. The number of aryl methyl sites for hydroxylation is 2. The van der Waals surface area contributed by atoms with Gasteiger partial charge in [0.25, 0.3) is 0 Å². The standard InChI is InChI=1S/C28H27FN4O2S/c29-22-9-12-24(13-10-22)36(35)32-26-14-8-21-7-11-23(18-25(21)26)33(19-27-30-16-17-31-27)28(34)15-6-20-4-2-1-3-5-20/h1-5,7,9-13,16-18,26,32H,6,8,14-15,19H2,(H,30,31). The number of halogens is 1. The highest BCUT2D eigenvalue weighted by Gasteiger charge is 2.27. The van der Waals surface area contributed by atoms with Gasteiger partial charge in [0.2, 0.25) is 5.91 Å². The minimum Gasteiger partial charge on any atom is -0.347 e. The van der Waals surface area contributed by atoms with Crippen LogP contribution in [-0.4, -0.2) is 20.1 Å². The van der Waals surface area contributed by atoms with Crippen LogP contribution in [0.5, 0.6) is 0 Å². The van der Waals surface area contributed by atoms with Crippen LogP contribution in [0.3, 0.4) is 0 Å². The minimum absolute atomic E-state index is 0.00703. The fraction of sp³-hybridized carbons (Fsp3) is 0.214. The van der Waals surface area contributed by atoms with Gasteiger partial charge in [-0.1, -0.05) is 36.4 Å². The second kappa shape index (κ2) is 11.0. The maximum Gasteiger partial charge on any atom is 0.227 e. The Morgan fingerprint density at radius 2 is 1.92 bits per heavy atom. The van der Waals surface area contributed by atoms with Gasteiger partial charge in [0, 0.05) is 30.5 Å². The first-order valence-corrected chi connectivity index (χ1v) is 13.1. The zero-order valence-corrected chi connectivity index (χ0v) is 20.5. The number of anilines is 1. The highest BCUT2D eigenvalue weighted by Crippen LogP contribution is 2.35. The van der Waals surface area contributed by atoms with Crippen LogP contribution < -0.4 is 9.62 Å². The van der Waals surface area contributed by atoms with Crippen molar-refractivity contribution in [2.45, 2.75) is 43.2 Å². The molecule has 0 bridgehead atoms. The van der Waals surface area contributed by atoms with Gasteiger partial charge in [0.15, 0.2) is 0 Å². The zero-order valence-electron chi connectivity index (χ0n) is 19.7. The molecule has 2 N–H and O–H groups in total. The smallest absolute Gasteiger partial charge is 0.227 e. The molecule has 1 aromatic heterocycles. The molecule has 4 aromatic rings. The Balaban J connectivity index is 1.37. The third-order valence-corrected chi connectivity index (χ3v) is 7.63. The normalized spacial score (nSPS) is 15.4. The number of H-pyrrole nitrogens is 1. The van der Waals surface area contributed by atoms with Crippen molar-refractivity contribution in [2.75, 3.05) is 4.90 Å². The van der Waals surface area contributed by atoms with Crippen LogP contribution in [0.25, 0.3) is 0 Å². The van der Waals surface area contributed by atoms with Gasteiger partial charge in [0.1, 0.15) is 22.6 Å². The molecule has 5 rings (SSSR count). The number of aromatic nitrogens is 2. The fourth-order valence-electron chi connectivity index (χ4n) is 4.52. The zero-order chi connectivity index (χ0) is 24.9. The number of nitrogens with zero attached hydrogens (tertiary/aromatic N) is 2. The van der Waals surface area contributed by atoms with Gasteiger partial charge in [-0.3, -0.25) is 4.79 Å². The van der Waals surface area contributed by atoms with Gasteiger partial charge in [-0.2, -0.15) is 0 Å². The molecule has 0 fully saturated rings. The Labute approximate surface area is 212 Å². The molecule has 0 saturated carbocycles. The van der Waals surface area contributed by atoms with Crippen molar-refractivity contribution in [1.29, 1.82) is 0 Å². The summed E-state index contributed by atoms with van der Waals surface area (Å²) in [6.07, 6.45) is 6.10. The summed E-state index contributed by atoms with van der Waals surface area (Å²) in [5.41, 5.74) is 4.10. The topological polar surface area (TPSA) is 78.1 Å². The van der Waals surface area contributed by atoms with E-state index in [9.17, 15) is 13.4 Å². The van der Waals surface area contributed by atoms with Crippen LogP contribution in [0.15, 0.2) is 90.1 Å². The predicted molar refractivity (Wildman–Crippen MR) is 138 cm³/mol. The minimum atomic E-state index is -1.48. The average Bonchev–Trinajstić information content (AvgIpc) is 3.57. The maximum absolute atomic E-state index is 13.4. The van der Waals surface area contributed by atoms with Crippen molar-refractivity contribution in [3.63, 3.8) is 0 Å². The van der Waals surface area contributed by atoms with E-state index < -0.39 is 11.0 Å². The number of rotatable bonds is 9. The summed E-state index contributed by atoms with van der Waals surface area (Å²) in [5.74, 6) is 0.350. The summed E-state index contributed by atoms with van der Waals surface area (Å²) < 4.78 is 29.3. The van der Waals surface area contributed by atoms with Crippen molar-refractivity contribution < 1.29 is 13.4 Å². The number of hydrogen-bond acceptors (Lipinski definition) is 3. The van der Waals surface area contributed by atoms with Gasteiger partial charge < -0.3 is 9.88 Å². The molecule has 184 valence electrons. The molecular formula is C28H27FN4O2S. The summed E-state index contributed by atoms with van der Waals surface area (Å²) in [6.45, 7) is 0.332. The van der Waals surface area contributed by atoms with E-state index >= 15 is 0 Å². The van der Waals surface area contributed by atoms with Crippen LogP contribution >= 0.6 is 0 Å². The predicted octanol–water partition coefficient (Wildman–Crippen LogP) is 5.01. The van der Waals surface area contributed by atoms with Crippen molar-refractivity contribution in [1.82, 2.24) is 14.7 Å². The summed E-state index contributed by atoms with van der Waals surface area (Å²) in [4.78, 5) is 23.1. The summed E-state index contributed by atoms with van der Waals surface area (Å²) in [6, 6.07) is 21.6. The molecule has 6 nitrogen and oxygen atoms in total. The lowest BCUT2D eigenvalue weighted by atomic mass is 10.1. The van der Waals surface area contributed by atoms with Crippen molar-refractivity contribution in [2.24, 2.45) is 0 Å². The molecule has 0 spiro atoms. The van der Waals surface area contributed by atoms with Crippen LogP contribution in [0.4, 0.5) is 10.1 Å². The monoisotopic (exact) mass is 502 g/mol. The maximum atomic E-state index is 13.4. The van der Waals surface area contributed by atoms with E-state index in [1.54, 1.807) is 17.3 Å². The number of hydrogen-bond donors (Lipinski definition) is 2. The van der Waals surface area contributed by atoms with E-state index in [0.29, 0.717) is 30.1 Å². The SMILES string of the molecule is O=C(CCc1ccccc1)N(Cc1ncc[nH]1)c1ccc2c(c1)C(NS(=O)c1ccc(F)cc1)CC2. The first kappa shape index (κ1) is 24.1. The number of benzene rings is 3. The second-order valence-corrected chi connectivity index (χ2v) is 10.1. The lowest BCUT2D eigenvalue weighted by Gasteiger charge is -2.24. The molecule has 1 heterocycles. The number of nitrogens with one attached hydrogen (secondary N) is 2. The first-order chi connectivity index (χ1) is 17.6. The molecule has 3 aromatic carbocycles. The fourth-order valence-corrected chi connectivity index (χ4v) is 5.55. The molecule has 2 atom stereocenters. The van der Waals surface area contributed by atoms with E-state index in [1.165, 1.54) is 29.8 Å². The van der Waals surface area contributed by atoms with E-state index in [-0.39, 0.29) is 17.8 Å². The number of aromatic amines is 1. The van der Waals surface area contributed by atoms with Gasteiger partial charge in [-0.15, -0.1) is 0 Å². The van der Waals surface area contributed by atoms with Crippen molar-refractivity contribution >= 4 is 22.6 Å². The summed E-state index contributed by atoms with van der Waals surface area (Å²) >= 11 is 0. The Morgan fingerprint density at radius 3 is 2.67 bits per heavy atom. The number of carbonyl (C=O) groups is 1. The molecular weight excluding hydrogens is 475 g/mol. The van der Waals surface area contributed by atoms with Gasteiger partial charge in [-0.05, 0) is 72.4 Å². The molecule has 0 aliphatic heterocycles. The van der Waals surface area contributed by atoms with Crippen molar-refractivity contribution in [3.8, 4) is 0 Å². The Bertz CT molecular complexity index is 1340. The Morgan fingerprint density at radius 1 is 1.11 bits per heavy atom. The molecule has 0 radical (unpaired) electrons. The second-order valence-electron chi connectivity index (χ2n) is 8.82. The van der Waals surface area contributed by atoms with Crippen molar-refractivity contribution in [3.05, 3.63) is 114 Å². The lowest BCUT2D eigenvalue weighted by molar-refractivity contribution is -0.118. The number of fused-ring (bicyclic) bond motifs is 1. The molecule has 1 amide bonds. The third-order valence-electron chi connectivity index (χ3n) is 6.43. The van der Waals surface area contributed by atoms with E-state index in [1.807, 2.05) is 48.5 Å². The molecule has 1 aliphatic carbocycles. The van der Waals surface area contributed by atoms with Crippen LogP contribution in [0, 0.1) is 5.82 Å². The quantitative estimate of drug-likeness (QED) is 0.338. The van der Waals surface area contributed by atoms with Gasteiger partial charge >= 0.3 is 0 Å². The average molecular weight is 503 g/mol. The van der Waals surface area contributed by atoms with Gasteiger partial charge in [0.05, 0.1) is 11.4 Å². The number of carbonyl (C=O) groups excluding carboxylic acids is 1. The molecule has 0 saturated heterocycles. The molecule has 2 unspecified atom stereocenters. The van der Waals surface area contributed by atoms with Crippen LogP contribution in [-0.2, 0) is 35.2 Å². The summed E-state index contributed by atoms with van der Waals surface area (Å²) in [5, 5.41) is 0. The highest BCUT2D eigenvalue weighted by atomic mass is 32.2.